The van der Waals surface area contributed by atoms with E-state index in [-0.39, 0.29) is 0 Å². The number of aliphatic hydroxyl groups excluding tert-OH is 1. The standard InChI is InChI=1S/C12H14F3NO2/c1-7-2-4-8(5-3-7)10(17)9(6-13)16-12(18)11(14)15/h2-5,9-11,17H,6H2,1H3,(H,16,18). The van der Waals surface area contributed by atoms with Crippen molar-refractivity contribution in [3.05, 3.63) is 35.4 Å². The number of hydrogen-bond acceptors (Lipinski definition) is 2. The number of rotatable bonds is 5. The van der Waals surface area contributed by atoms with Gasteiger partial charge in [0, 0.05) is 0 Å². The van der Waals surface area contributed by atoms with Crippen LogP contribution in [0.25, 0.3) is 0 Å². The molecule has 2 atom stereocenters. The smallest absolute Gasteiger partial charge is 0.315 e. The van der Waals surface area contributed by atoms with Crippen molar-refractivity contribution < 1.29 is 23.1 Å². The molecule has 0 radical (unpaired) electrons. The molecule has 1 amide bonds. The number of hydrogen-bond donors (Lipinski definition) is 2. The van der Waals surface area contributed by atoms with Crippen molar-refractivity contribution in [3.63, 3.8) is 0 Å². The molecule has 0 saturated heterocycles. The van der Waals surface area contributed by atoms with E-state index < -0.39 is 31.2 Å². The number of halogens is 3. The molecule has 1 aromatic carbocycles. The number of nitrogens with one attached hydrogen (secondary N) is 1. The minimum absolute atomic E-state index is 0.359. The minimum atomic E-state index is -3.23. The van der Waals surface area contributed by atoms with Crippen molar-refractivity contribution in [3.8, 4) is 0 Å². The van der Waals surface area contributed by atoms with Crippen LogP contribution in [0.15, 0.2) is 24.3 Å². The highest BCUT2D eigenvalue weighted by Gasteiger charge is 2.26. The number of aryl methyl sites for hydroxylation is 1. The summed E-state index contributed by atoms with van der Waals surface area (Å²) >= 11 is 0. The molecule has 0 bridgehead atoms. The molecule has 2 N–H and O–H groups in total. The summed E-state index contributed by atoms with van der Waals surface area (Å²) in [6.07, 6.45) is -4.59. The lowest BCUT2D eigenvalue weighted by Gasteiger charge is -2.21. The number of carbonyl (C=O) groups excluding carboxylic acids is 1. The van der Waals surface area contributed by atoms with E-state index >= 15 is 0 Å². The second-order valence-electron chi connectivity index (χ2n) is 3.93. The highest BCUT2D eigenvalue weighted by Crippen LogP contribution is 2.18. The first kappa shape index (κ1) is 14.5. The summed E-state index contributed by atoms with van der Waals surface area (Å²) in [6, 6.07) is 5.12. The zero-order chi connectivity index (χ0) is 13.7. The molecule has 6 heteroatoms. The SMILES string of the molecule is Cc1ccc(C(O)C(CF)NC(=O)C(F)F)cc1. The molecule has 0 spiro atoms. The molecule has 0 aliphatic rings. The van der Waals surface area contributed by atoms with Crippen LogP contribution >= 0.6 is 0 Å². The highest BCUT2D eigenvalue weighted by molar-refractivity contribution is 5.79. The van der Waals surface area contributed by atoms with E-state index in [4.69, 9.17) is 0 Å². The second-order valence-corrected chi connectivity index (χ2v) is 3.93. The van der Waals surface area contributed by atoms with Crippen molar-refractivity contribution >= 4 is 5.91 Å². The third kappa shape index (κ3) is 3.73. The molecule has 0 aliphatic heterocycles. The Morgan fingerprint density at radius 3 is 2.33 bits per heavy atom. The first-order chi connectivity index (χ1) is 8.45. The number of benzene rings is 1. The van der Waals surface area contributed by atoms with Crippen LogP contribution < -0.4 is 5.32 Å². The van der Waals surface area contributed by atoms with Crippen LogP contribution in [-0.2, 0) is 4.79 Å². The van der Waals surface area contributed by atoms with Crippen molar-refractivity contribution in [2.45, 2.75) is 25.5 Å². The Hall–Kier alpha value is -1.56. The lowest BCUT2D eigenvalue weighted by atomic mass is 10.0. The molecule has 0 heterocycles. The van der Waals surface area contributed by atoms with Crippen LogP contribution in [0.3, 0.4) is 0 Å². The third-order valence-electron chi connectivity index (χ3n) is 2.49. The Bertz CT molecular complexity index is 395. The van der Waals surface area contributed by atoms with Crippen LogP contribution in [0.2, 0.25) is 0 Å². The van der Waals surface area contributed by atoms with Gasteiger partial charge < -0.3 is 10.4 Å². The maximum atomic E-state index is 12.7. The zero-order valence-corrected chi connectivity index (χ0v) is 9.74. The van der Waals surface area contributed by atoms with Gasteiger partial charge in [0.1, 0.15) is 12.8 Å². The molecular weight excluding hydrogens is 247 g/mol. The van der Waals surface area contributed by atoms with Gasteiger partial charge in [0.2, 0.25) is 0 Å². The molecule has 1 aromatic rings. The van der Waals surface area contributed by atoms with Gasteiger partial charge >= 0.3 is 6.43 Å². The molecule has 0 aliphatic carbocycles. The van der Waals surface area contributed by atoms with E-state index in [9.17, 15) is 23.1 Å². The van der Waals surface area contributed by atoms with E-state index in [1.807, 2.05) is 6.92 Å². The normalized spacial score (nSPS) is 14.3. The number of amides is 1. The molecule has 2 unspecified atom stereocenters. The lowest BCUT2D eigenvalue weighted by molar-refractivity contribution is -0.133. The van der Waals surface area contributed by atoms with Gasteiger partial charge in [-0.2, -0.15) is 8.78 Å². The molecular formula is C12H14F3NO2. The highest BCUT2D eigenvalue weighted by atomic mass is 19.3. The third-order valence-corrected chi connectivity index (χ3v) is 2.49. The summed E-state index contributed by atoms with van der Waals surface area (Å²) in [5.41, 5.74) is 1.30. The maximum Gasteiger partial charge on any atom is 0.315 e. The molecule has 3 nitrogen and oxygen atoms in total. The molecule has 0 saturated carbocycles. The largest absolute Gasteiger partial charge is 0.386 e. The maximum absolute atomic E-state index is 12.7. The quantitative estimate of drug-likeness (QED) is 0.848. The van der Waals surface area contributed by atoms with Gasteiger partial charge in [0.25, 0.3) is 5.91 Å². The van der Waals surface area contributed by atoms with Gasteiger partial charge in [-0.25, -0.2) is 4.39 Å². The molecule has 1 rings (SSSR count). The van der Waals surface area contributed by atoms with Crippen LogP contribution in [0.5, 0.6) is 0 Å². The molecule has 100 valence electrons. The van der Waals surface area contributed by atoms with E-state index in [1.165, 1.54) is 0 Å². The Labute approximate surface area is 103 Å². The average Bonchev–Trinajstić information content (AvgIpc) is 2.35. The van der Waals surface area contributed by atoms with Crippen molar-refractivity contribution in [1.29, 1.82) is 0 Å². The average molecular weight is 261 g/mol. The minimum Gasteiger partial charge on any atom is -0.386 e. The second kappa shape index (κ2) is 6.39. The van der Waals surface area contributed by atoms with E-state index in [2.05, 4.69) is 0 Å². The first-order valence-electron chi connectivity index (χ1n) is 5.34. The lowest BCUT2D eigenvalue weighted by Crippen LogP contribution is -2.43. The van der Waals surface area contributed by atoms with Crippen molar-refractivity contribution in [2.24, 2.45) is 0 Å². The van der Waals surface area contributed by atoms with Gasteiger partial charge in [-0.3, -0.25) is 4.79 Å². The summed E-state index contributed by atoms with van der Waals surface area (Å²) in [6.45, 7) is 0.703. The van der Waals surface area contributed by atoms with Gasteiger partial charge in [-0.05, 0) is 12.5 Å². The van der Waals surface area contributed by atoms with Crippen molar-refractivity contribution in [2.75, 3.05) is 6.67 Å². The number of alkyl halides is 3. The van der Waals surface area contributed by atoms with Crippen LogP contribution in [0.1, 0.15) is 17.2 Å². The van der Waals surface area contributed by atoms with Crippen LogP contribution in [-0.4, -0.2) is 30.2 Å². The predicted molar refractivity (Wildman–Crippen MR) is 60.0 cm³/mol. The summed E-state index contributed by atoms with van der Waals surface area (Å²) in [5, 5.41) is 11.6. The number of carbonyl (C=O) groups is 1. The summed E-state index contributed by atoms with van der Waals surface area (Å²) < 4.78 is 36.7. The van der Waals surface area contributed by atoms with E-state index in [0.717, 1.165) is 5.56 Å². The van der Waals surface area contributed by atoms with Gasteiger partial charge in [-0.15, -0.1) is 0 Å². The first-order valence-corrected chi connectivity index (χ1v) is 5.34. The fourth-order valence-electron chi connectivity index (χ4n) is 1.44. The monoisotopic (exact) mass is 261 g/mol. The Kier molecular flexibility index (Phi) is 5.15. The fraction of sp³-hybridized carbons (Fsp3) is 0.417. The molecule has 18 heavy (non-hydrogen) atoms. The summed E-state index contributed by atoms with van der Waals surface area (Å²) in [4.78, 5) is 10.8. The predicted octanol–water partition coefficient (Wildman–Crippen LogP) is 1.75. The van der Waals surface area contributed by atoms with E-state index in [1.54, 1.807) is 29.6 Å². The van der Waals surface area contributed by atoms with Gasteiger partial charge in [-0.1, -0.05) is 29.8 Å². The Balaban J connectivity index is 2.75. The molecule has 0 aromatic heterocycles. The Morgan fingerprint density at radius 1 is 1.33 bits per heavy atom. The van der Waals surface area contributed by atoms with E-state index in [0.29, 0.717) is 5.56 Å². The Morgan fingerprint density at radius 2 is 1.89 bits per heavy atom. The summed E-state index contributed by atoms with van der Waals surface area (Å²) in [7, 11) is 0. The molecule has 0 fully saturated rings. The topological polar surface area (TPSA) is 49.3 Å². The zero-order valence-electron chi connectivity index (χ0n) is 9.74. The number of aliphatic hydroxyl groups is 1. The van der Waals surface area contributed by atoms with Gasteiger partial charge in [0.15, 0.2) is 0 Å². The van der Waals surface area contributed by atoms with Crippen molar-refractivity contribution in [1.82, 2.24) is 5.32 Å². The summed E-state index contributed by atoms with van der Waals surface area (Å²) in [5.74, 6) is -1.59. The fourth-order valence-corrected chi connectivity index (χ4v) is 1.44. The van der Waals surface area contributed by atoms with Gasteiger partial charge in [0.05, 0.1) is 6.04 Å². The van der Waals surface area contributed by atoms with Crippen LogP contribution in [0.4, 0.5) is 13.2 Å². The van der Waals surface area contributed by atoms with Crippen LogP contribution in [0, 0.1) is 6.92 Å².